The zero-order valence-corrected chi connectivity index (χ0v) is 9.81. The highest BCUT2D eigenvalue weighted by Gasteiger charge is 2.41. The maximum Gasteiger partial charge on any atom is 0.401 e. The summed E-state index contributed by atoms with van der Waals surface area (Å²) >= 11 is 0. The Morgan fingerprint density at radius 3 is 2.78 bits per heavy atom. The lowest BCUT2D eigenvalue weighted by molar-refractivity contribution is -0.149. The van der Waals surface area contributed by atoms with Gasteiger partial charge in [0.05, 0.1) is 18.7 Å². The molecule has 18 heavy (non-hydrogen) atoms. The van der Waals surface area contributed by atoms with Gasteiger partial charge < -0.3 is 9.63 Å². The fourth-order valence-corrected chi connectivity index (χ4v) is 2.09. The highest BCUT2D eigenvalue weighted by molar-refractivity contribution is 4.99. The maximum absolute atomic E-state index is 12.4. The molecule has 102 valence electrons. The first-order valence-electron chi connectivity index (χ1n) is 5.70. The fourth-order valence-electron chi connectivity index (χ4n) is 2.09. The smallest absolute Gasteiger partial charge is 0.392 e. The van der Waals surface area contributed by atoms with E-state index >= 15 is 0 Å². The van der Waals surface area contributed by atoms with Crippen LogP contribution in [0.3, 0.4) is 0 Å². The average Bonchev–Trinajstić information content (AvgIpc) is 2.82. The van der Waals surface area contributed by atoms with Crippen LogP contribution >= 0.6 is 0 Å². The second-order valence-electron chi connectivity index (χ2n) is 4.35. The van der Waals surface area contributed by atoms with Crippen molar-refractivity contribution in [1.82, 2.24) is 15.0 Å². The Labute approximate surface area is 102 Å². The predicted molar refractivity (Wildman–Crippen MR) is 54.7 cm³/mol. The van der Waals surface area contributed by atoms with Crippen LogP contribution in [0.15, 0.2) is 4.52 Å². The van der Waals surface area contributed by atoms with Crippen molar-refractivity contribution in [3.8, 4) is 0 Å². The van der Waals surface area contributed by atoms with Crippen molar-refractivity contribution in [2.24, 2.45) is 0 Å². The van der Waals surface area contributed by atoms with Gasteiger partial charge in [-0.1, -0.05) is 12.1 Å². The lowest BCUT2D eigenvalue weighted by atomic mass is 10.2. The number of nitrogens with zero attached hydrogens (tertiary/aromatic N) is 3. The van der Waals surface area contributed by atoms with Crippen LogP contribution in [0.4, 0.5) is 13.2 Å². The zero-order valence-electron chi connectivity index (χ0n) is 9.81. The first-order valence-corrected chi connectivity index (χ1v) is 5.70. The fraction of sp³-hybridized carbons (Fsp3) is 0.800. The summed E-state index contributed by atoms with van der Waals surface area (Å²) in [6.07, 6.45) is -4.37. The highest BCUT2D eigenvalue weighted by Crippen LogP contribution is 2.33. The van der Waals surface area contributed by atoms with E-state index in [1.54, 1.807) is 0 Å². The Morgan fingerprint density at radius 1 is 1.50 bits per heavy atom. The molecule has 0 aromatic carbocycles. The predicted octanol–water partition coefficient (Wildman–Crippen LogP) is 1.30. The van der Waals surface area contributed by atoms with Gasteiger partial charge in [0.1, 0.15) is 0 Å². The summed E-state index contributed by atoms with van der Waals surface area (Å²) in [5, 5.41) is 13.2. The monoisotopic (exact) mass is 265 g/mol. The number of aromatic nitrogens is 2. The molecule has 1 N–H and O–H groups in total. The summed E-state index contributed by atoms with van der Waals surface area (Å²) in [5.74, 6) is 0.603. The number of aliphatic hydroxyl groups excluding tert-OH is 1. The summed E-state index contributed by atoms with van der Waals surface area (Å²) in [4.78, 5) is 5.15. The summed E-state index contributed by atoms with van der Waals surface area (Å²) in [6.45, 7) is 0.707. The van der Waals surface area contributed by atoms with E-state index in [1.165, 1.54) is 0 Å². The number of β-amino-alcohol motifs (C(OH)–C–C–N with tert-alkyl or cyclic N) is 1. The molecule has 2 rings (SSSR count). The van der Waals surface area contributed by atoms with E-state index in [-0.39, 0.29) is 18.9 Å². The number of halogens is 3. The molecule has 0 aliphatic carbocycles. The molecule has 1 saturated heterocycles. The topological polar surface area (TPSA) is 62.4 Å². The maximum atomic E-state index is 12.4. The van der Waals surface area contributed by atoms with Crippen LogP contribution < -0.4 is 0 Å². The first kappa shape index (κ1) is 13.3. The van der Waals surface area contributed by atoms with Gasteiger partial charge in [0.25, 0.3) is 0 Å². The van der Waals surface area contributed by atoms with Gasteiger partial charge in [-0.25, -0.2) is 0 Å². The Bertz CT molecular complexity index is 407. The molecule has 1 fully saturated rings. The molecular weight excluding hydrogens is 251 g/mol. The SMILES string of the molecule is CCc1noc([C@H]2C[C@H](O)CN2CC(F)(F)F)n1. The van der Waals surface area contributed by atoms with Gasteiger partial charge in [-0.05, 0) is 6.42 Å². The second-order valence-corrected chi connectivity index (χ2v) is 4.35. The van der Waals surface area contributed by atoms with Crippen molar-refractivity contribution in [3.63, 3.8) is 0 Å². The van der Waals surface area contributed by atoms with Crippen LogP contribution in [0, 0.1) is 0 Å². The van der Waals surface area contributed by atoms with Crippen LogP contribution in [0.25, 0.3) is 0 Å². The van der Waals surface area contributed by atoms with E-state index in [2.05, 4.69) is 10.1 Å². The van der Waals surface area contributed by atoms with Gasteiger partial charge in [0.15, 0.2) is 5.82 Å². The second kappa shape index (κ2) is 4.85. The van der Waals surface area contributed by atoms with Crippen molar-refractivity contribution < 1.29 is 22.8 Å². The minimum absolute atomic E-state index is 0.0337. The van der Waals surface area contributed by atoms with E-state index in [0.29, 0.717) is 12.2 Å². The quantitative estimate of drug-likeness (QED) is 0.892. The van der Waals surface area contributed by atoms with E-state index in [0.717, 1.165) is 4.90 Å². The minimum atomic E-state index is -4.31. The molecule has 2 heterocycles. The van der Waals surface area contributed by atoms with Crippen molar-refractivity contribution >= 4 is 0 Å². The third kappa shape index (κ3) is 2.99. The van der Waals surface area contributed by atoms with E-state index in [1.807, 2.05) is 6.92 Å². The van der Waals surface area contributed by atoms with Crippen LogP contribution in [0.1, 0.15) is 31.1 Å². The number of aryl methyl sites for hydroxylation is 1. The number of rotatable bonds is 3. The van der Waals surface area contributed by atoms with E-state index < -0.39 is 24.9 Å². The highest BCUT2D eigenvalue weighted by atomic mass is 19.4. The van der Waals surface area contributed by atoms with Gasteiger partial charge in [0.2, 0.25) is 5.89 Å². The number of aliphatic hydroxyl groups is 1. The molecule has 5 nitrogen and oxygen atoms in total. The molecular formula is C10H14F3N3O2. The van der Waals surface area contributed by atoms with E-state index in [4.69, 9.17) is 4.52 Å². The molecule has 1 aromatic rings. The van der Waals surface area contributed by atoms with Crippen LogP contribution in [0.2, 0.25) is 0 Å². The van der Waals surface area contributed by atoms with Crippen LogP contribution in [-0.2, 0) is 6.42 Å². The Kier molecular flexibility index (Phi) is 3.58. The van der Waals surface area contributed by atoms with Crippen molar-refractivity contribution in [2.75, 3.05) is 13.1 Å². The summed E-state index contributed by atoms with van der Waals surface area (Å²) in [7, 11) is 0. The van der Waals surface area contributed by atoms with Gasteiger partial charge in [-0.15, -0.1) is 0 Å². The van der Waals surface area contributed by atoms with Crippen molar-refractivity contribution in [1.29, 1.82) is 0 Å². The van der Waals surface area contributed by atoms with Gasteiger partial charge >= 0.3 is 6.18 Å². The summed E-state index contributed by atoms with van der Waals surface area (Å²) in [6, 6.07) is -0.658. The van der Waals surface area contributed by atoms with Gasteiger partial charge in [0, 0.05) is 13.0 Å². The Hall–Kier alpha value is -1.15. The van der Waals surface area contributed by atoms with Crippen molar-refractivity contribution in [3.05, 3.63) is 11.7 Å². The Balaban J connectivity index is 2.14. The summed E-state index contributed by atoms with van der Waals surface area (Å²) < 4.78 is 42.2. The lowest BCUT2D eigenvalue weighted by Crippen LogP contribution is -2.34. The van der Waals surface area contributed by atoms with Gasteiger partial charge in [-0.2, -0.15) is 18.2 Å². The number of likely N-dealkylation sites (tertiary alicyclic amines) is 1. The minimum Gasteiger partial charge on any atom is -0.392 e. The zero-order chi connectivity index (χ0) is 13.3. The third-order valence-corrected chi connectivity index (χ3v) is 2.85. The molecule has 8 heteroatoms. The summed E-state index contributed by atoms with van der Waals surface area (Å²) in [5.41, 5.74) is 0. The Morgan fingerprint density at radius 2 is 2.22 bits per heavy atom. The average molecular weight is 265 g/mol. The molecule has 0 radical (unpaired) electrons. The molecule has 2 atom stereocenters. The molecule has 0 bridgehead atoms. The van der Waals surface area contributed by atoms with Crippen molar-refractivity contribution in [2.45, 2.75) is 38.1 Å². The number of alkyl halides is 3. The molecule has 0 unspecified atom stereocenters. The molecule has 0 saturated carbocycles. The largest absolute Gasteiger partial charge is 0.401 e. The number of hydrogen-bond donors (Lipinski definition) is 1. The first-order chi connectivity index (χ1) is 8.39. The molecule has 1 aromatic heterocycles. The van der Waals surface area contributed by atoms with E-state index in [9.17, 15) is 18.3 Å². The normalized spacial score (nSPS) is 25.8. The molecule has 0 amide bonds. The lowest BCUT2D eigenvalue weighted by Gasteiger charge is -2.22. The van der Waals surface area contributed by atoms with Crippen LogP contribution in [0.5, 0.6) is 0 Å². The third-order valence-electron chi connectivity index (χ3n) is 2.85. The number of hydrogen-bond acceptors (Lipinski definition) is 5. The molecule has 1 aliphatic heterocycles. The van der Waals surface area contributed by atoms with Crippen LogP contribution in [-0.4, -0.2) is 45.5 Å². The standard InChI is InChI=1S/C10H14F3N3O2/c1-2-8-14-9(18-15-8)7-3-6(17)4-16(7)5-10(11,12)13/h6-7,17H,2-5H2,1H3/t6-,7+/m0/s1. The molecule has 1 aliphatic rings. The van der Waals surface area contributed by atoms with Gasteiger partial charge in [-0.3, -0.25) is 4.90 Å². The molecule has 0 spiro atoms.